The highest BCUT2D eigenvalue weighted by molar-refractivity contribution is 14.0. The van der Waals surface area contributed by atoms with Gasteiger partial charge in [-0.1, -0.05) is 25.3 Å². The highest BCUT2D eigenvalue weighted by atomic mass is 127. The largest absolute Gasteiger partial charge is 0.497 e. The molecular weight excluding hydrogens is 431 g/mol. The third-order valence-corrected chi connectivity index (χ3v) is 4.20. The van der Waals surface area contributed by atoms with Crippen LogP contribution in [-0.2, 0) is 0 Å². The summed E-state index contributed by atoms with van der Waals surface area (Å²) in [5, 5.41) is 9.59. The second-order valence-electron chi connectivity index (χ2n) is 5.97. The van der Waals surface area contributed by atoms with Gasteiger partial charge < -0.3 is 20.7 Å². The van der Waals surface area contributed by atoms with Gasteiger partial charge in [0.05, 0.1) is 7.11 Å². The minimum absolute atomic E-state index is 0. The molecule has 0 aliphatic heterocycles. The zero-order valence-corrected chi connectivity index (χ0v) is 17.3. The van der Waals surface area contributed by atoms with Crippen LogP contribution in [0.2, 0.25) is 0 Å². The van der Waals surface area contributed by atoms with E-state index >= 15 is 0 Å². The van der Waals surface area contributed by atoms with Crippen LogP contribution in [0.5, 0.6) is 5.75 Å². The first kappa shape index (κ1) is 21.5. The maximum Gasteiger partial charge on any atom is 0.251 e. The zero-order chi connectivity index (χ0) is 17.2. The average Bonchev–Trinajstić information content (AvgIpc) is 2.64. The first-order valence-corrected chi connectivity index (χ1v) is 8.62. The van der Waals surface area contributed by atoms with E-state index in [1.165, 1.54) is 32.1 Å². The highest BCUT2D eigenvalue weighted by Gasteiger charge is 2.14. The molecule has 0 unspecified atom stereocenters. The van der Waals surface area contributed by atoms with Crippen LogP contribution in [0.4, 0.5) is 0 Å². The summed E-state index contributed by atoms with van der Waals surface area (Å²) in [7, 11) is 3.36. The summed E-state index contributed by atoms with van der Waals surface area (Å²) in [6, 6.07) is 7.64. The highest BCUT2D eigenvalue weighted by Crippen LogP contribution is 2.17. The number of aliphatic imine (C=N–C) groups is 1. The Morgan fingerprint density at radius 2 is 1.92 bits per heavy atom. The number of methoxy groups -OCH3 is 1. The SMILES string of the molecule is CN=C(NCCNC(=O)c1cccc(OC)c1)NC1CCCCC1.I. The molecule has 1 saturated carbocycles. The number of guanidine groups is 1. The lowest BCUT2D eigenvalue weighted by Gasteiger charge is -2.24. The Hall–Kier alpha value is -1.51. The van der Waals surface area contributed by atoms with Gasteiger partial charge in [-0.25, -0.2) is 0 Å². The van der Waals surface area contributed by atoms with Crippen LogP contribution in [0.25, 0.3) is 0 Å². The summed E-state index contributed by atoms with van der Waals surface area (Å²) < 4.78 is 5.13. The molecule has 25 heavy (non-hydrogen) atoms. The van der Waals surface area contributed by atoms with E-state index < -0.39 is 0 Å². The van der Waals surface area contributed by atoms with E-state index in [2.05, 4.69) is 20.9 Å². The molecule has 1 aromatic rings. The molecule has 3 N–H and O–H groups in total. The van der Waals surface area contributed by atoms with Crippen molar-refractivity contribution in [1.29, 1.82) is 0 Å². The van der Waals surface area contributed by atoms with Crippen LogP contribution >= 0.6 is 24.0 Å². The van der Waals surface area contributed by atoms with Crippen LogP contribution in [-0.4, -0.2) is 45.2 Å². The third-order valence-electron chi connectivity index (χ3n) is 4.20. The molecule has 0 atom stereocenters. The molecule has 0 saturated heterocycles. The zero-order valence-electron chi connectivity index (χ0n) is 15.0. The third kappa shape index (κ3) is 7.50. The van der Waals surface area contributed by atoms with Gasteiger partial charge in [0.15, 0.2) is 5.96 Å². The van der Waals surface area contributed by atoms with Crippen molar-refractivity contribution in [3.8, 4) is 5.75 Å². The normalized spacial score (nSPS) is 15.0. The van der Waals surface area contributed by atoms with Crippen LogP contribution in [0, 0.1) is 0 Å². The van der Waals surface area contributed by atoms with Crippen molar-refractivity contribution in [2.24, 2.45) is 4.99 Å². The van der Waals surface area contributed by atoms with Crippen molar-refractivity contribution in [1.82, 2.24) is 16.0 Å². The number of ether oxygens (including phenoxy) is 1. The van der Waals surface area contributed by atoms with Crippen LogP contribution in [0.1, 0.15) is 42.5 Å². The van der Waals surface area contributed by atoms with E-state index in [-0.39, 0.29) is 29.9 Å². The van der Waals surface area contributed by atoms with E-state index in [1.54, 1.807) is 26.3 Å². The predicted octanol–water partition coefficient (Wildman–Crippen LogP) is 2.54. The van der Waals surface area contributed by atoms with E-state index in [1.807, 2.05) is 12.1 Å². The molecule has 0 radical (unpaired) electrons. The summed E-state index contributed by atoms with van der Waals surface area (Å²) >= 11 is 0. The summed E-state index contributed by atoms with van der Waals surface area (Å²) in [6.45, 7) is 1.16. The molecule has 140 valence electrons. The number of hydrogen-bond donors (Lipinski definition) is 3. The Kier molecular flexibility index (Phi) is 10.3. The van der Waals surface area contributed by atoms with Gasteiger partial charge in [0.25, 0.3) is 5.91 Å². The van der Waals surface area contributed by atoms with Gasteiger partial charge >= 0.3 is 0 Å². The predicted molar refractivity (Wildman–Crippen MR) is 112 cm³/mol. The number of nitrogens with zero attached hydrogens (tertiary/aromatic N) is 1. The molecule has 1 amide bonds. The molecule has 1 aliphatic carbocycles. The van der Waals surface area contributed by atoms with Crippen molar-refractivity contribution in [3.63, 3.8) is 0 Å². The number of rotatable bonds is 6. The van der Waals surface area contributed by atoms with Gasteiger partial charge in [0, 0.05) is 31.7 Å². The van der Waals surface area contributed by atoms with Crippen molar-refractivity contribution in [2.75, 3.05) is 27.2 Å². The van der Waals surface area contributed by atoms with Crippen molar-refractivity contribution in [3.05, 3.63) is 29.8 Å². The first-order valence-electron chi connectivity index (χ1n) is 8.62. The van der Waals surface area contributed by atoms with Crippen LogP contribution < -0.4 is 20.7 Å². The van der Waals surface area contributed by atoms with Crippen LogP contribution in [0.3, 0.4) is 0 Å². The lowest BCUT2D eigenvalue weighted by molar-refractivity contribution is 0.0954. The minimum Gasteiger partial charge on any atom is -0.497 e. The fraction of sp³-hybridized carbons (Fsp3) is 0.556. The Balaban J connectivity index is 0.00000312. The Morgan fingerprint density at radius 3 is 2.60 bits per heavy atom. The van der Waals surface area contributed by atoms with Crippen LogP contribution in [0.15, 0.2) is 29.3 Å². The smallest absolute Gasteiger partial charge is 0.251 e. The standard InChI is InChI=1S/C18H28N4O2.HI/c1-19-18(22-15-8-4-3-5-9-15)21-12-11-20-17(23)14-7-6-10-16(13-14)24-2;/h6-7,10,13,15H,3-5,8-9,11-12H2,1-2H3,(H,20,23)(H2,19,21,22);1H. The summed E-state index contributed by atoms with van der Waals surface area (Å²) in [6.07, 6.45) is 6.30. The fourth-order valence-electron chi connectivity index (χ4n) is 2.86. The van der Waals surface area contributed by atoms with Crippen molar-refractivity contribution in [2.45, 2.75) is 38.1 Å². The maximum absolute atomic E-state index is 12.1. The molecule has 6 nitrogen and oxygen atoms in total. The lowest BCUT2D eigenvalue weighted by atomic mass is 9.96. The molecule has 0 spiro atoms. The number of halogens is 1. The van der Waals surface area contributed by atoms with E-state index in [4.69, 9.17) is 4.74 Å². The number of carbonyl (C=O) groups is 1. The second kappa shape index (κ2) is 11.9. The average molecular weight is 460 g/mol. The number of hydrogen-bond acceptors (Lipinski definition) is 3. The molecular formula is C18H29IN4O2. The summed E-state index contributed by atoms with van der Waals surface area (Å²) in [4.78, 5) is 16.3. The molecule has 0 heterocycles. The second-order valence-corrected chi connectivity index (χ2v) is 5.97. The Labute approximate surface area is 167 Å². The lowest BCUT2D eigenvalue weighted by Crippen LogP contribution is -2.46. The fourth-order valence-corrected chi connectivity index (χ4v) is 2.86. The van der Waals surface area contributed by atoms with E-state index in [9.17, 15) is 4.79 Å². The Bertz CT molecular complexity index is 560. The Morgan fingerprint density at radius 1 is 1.20 bits per heavy atom. The minimum atomic E-state index is -0.106. The number of nitrogens with one attached hydrogen (secondary N) is 3. The monoisotopic (exact) mass is 460 g/mol. The number of benzene rings is 1. The van der Waals surface area contributed by atoms with Gasteiger partial charge in [-0.05, 0) is 31.0 Å². The quantitative estimate of drug-likeness (QED) is 0.264. The van der Waals surface area contributed by atoms with Crippen molar-refractivity contribution < 1.29 is 9.53 Å². The molecule has 1 aromatic carbocycles. The molecule has 1 aliphatic rings. The van der Waals surface area contributed by atoms with Gasteiger partial charge in [0.1, 0.15) is 5.75 Å². The summed E-state index contributed by atoms with van der Waals surface area (Å²) in [5.74, 6) is 1.38. The number of amides is 1. The number of carbonyl (C=O) groups excluding carboxylic acids is 1. The molecule has 1 fully saturated rings. The van der Waals surface area contributed by atoms with Gasteiger partial charge in [0.2, 0.25) is 0 Å². The van der Waals surface area contributed by atoms with Gasteiger partial charge in [-0.2, -0.15) is 0 Å². The van der Waals surface area contributed by atoms with E-state index in [0.717, 1.165) is 5.96 Å². The first-order chi connectivity index (χ1) is 11.7. The van der Waals surface area contributed by atoms with Crippen molar-refractivity contribution >= 4 is 35.8 Å². The molecule has 0 bridgehead atoms. The van der Waals surface area contributed by atoms with Gasteiger partial charge in [-0.15, -0.1) is 24.0 Å². The molecule has 2 rings (SSSR count). The maximum atomic E-state index is 12.1. The summed E-state index contributed by atoms with van der Waals surface area (Å²) in [5.41, 5.74) is 0.596. The van der Waals surface area contributed by atoms with Gasteiger partial charge in [-0.3, -0.25) is 9.79 Å². The molecule has 0 aromatic heterocycles. The molecule has 7 heteroatoms. The van der Waals surface area contributed by atoms with E-state index in [0.29, 0.717) is 30.4 Å². The topological polar surface area (TPSA) is 74.8 Å².